The summed E-state index contributed by atoms with van der Waals surface area (Å²) in [6.45, 7) is 6.43. The highest BCUT2D eigenvalue weighted by atomic mass is 16.6. The minimum Gasteiger partial charge on any atom is -0.481 e. The van der Waals surface area contributed by atoms with Crippen LogP contribution in [-0.2, 0) is 14.3 Å². The zero-order valence-corrected chi connectivity index (χ0v) is 8.96. The van der Waals surface area contributed by atoms with Crippen molar-refractivity contribution < 1.29 is 19.4 Å². The Bertz CT molecular complexity index is 240. The summed E-state index contributed by atoms with van der Waals surface area (Å²) < 4.78 is 4.98. The molecule has 82 valence electrons. The maximum Gasteiger partial charge on any atom is 0.326 e. The summed E-state index contributed by atoms with van der Waals surface area (Å²) in [5.74, 6) is -1.83. The van der Waals surface area contributed by atoms with E-state index in [0.29, 0.717) is 0 Å². The average molecular weight is 203 g/mol. The number of carbonyl (C=O) groups is 2. The number of hydrogen-bond acceptors (Lipinski definition) is 4. The summed E-state index contributed by atoms with van der Waals surface area (Å²) in [5.41, 5.74) is 3.38. The van der Waals surface area contributed by atoms with Crippen LogP contribution in [0.5, 0.6) is 0 Å². The largest absolute Gasteiger partial charge is 0.481 e. The molecule has 14 heavy (non-hydrogen) atoms. The van der Waals surface area contributed by atoms with Crippen LogP contribution in [0.2, 0.25) is 0 Å². The molecule has 1 unspecified atom stereocenters. The van der Waals surface area contributed by atoms with Crippen LogP contribution in [-0.4, -0.2) is 28.2 Å². The smallest absolute Gasteiger partial charge is 0.326 e. The fraction of sp³-hybridized carbons (Fsp3) is 0.778. The van der Waals surface area contributed by atoms with Crippen LogP contribution in [0.3, 0.4) is 0 Å². The highest BCUT2D eigenvalue weighted by Crippen LogP contribution is 2.15. The van der Waals surface area contributed by atoms with Crippen LogP contribution in [0.15, 0.2) is 0 Å². The van der Waals surface area contributed by atoms with Crippen molar-refractivity contribution in [3.63, 3.8) is 0 Å². The third-order valence-electron chi connectivity index (χ3n) is 1.38. The maximum atomic E-state index is 11.4. The predicted molar refractivity (Wildman–Crippen MR) is 50.7 cm³/mol. The number of carboxylic acids is 1. The average Bonchev–Trinajstić information content (AvgIpc) is 1.79. The Labute approximate surface area is 83.2 Å². The van der Waals surface area contributed by atoms with Gasteiger partial charge >= 0.3 is 11.9 Å². The van der Waals surface area contributed by atoms with Crippen LogP contribution in [0, 0.1) is 0 Å². The zero-order valence-electron chi connectivity index (χ0n) is 8.96. The number of rotatable bonds is 3. The Hall–Kier alpha value is -1.10. The Morgan fingerprint density at radius 3 is 2.00 bits per heavy atom. The topological polar surface area (TPSA) is 89.6 Å². The van der Waals surface area contributed by atoms with E-state index >= 15 is 0 Å². The molecule has 0 saturated heterocycles. The molecule has 1 atom stereocenters. The maximum absolute atomic E-state index is 11.4. The van der Waals surface area contributed by atoms with Gasteiger partial charge in [0.1, 0.15) is 11.1 Å². The van der Waals surface area contributed by atoms with Gasteiger partial charge in [-0.15, -0.1) is 0 Å². The summed E-state index contributed by atoms with van der Waals surface area (Å²) >= 11 is 0. The van der Waals surface area contributed by atoms with Crippen molar-refractivity contribution in [2.45, 2.75) is 45.3 Å². The van der Waals surface area contributed by atoms with Crippen LogP contribution < -0.4 is 5.73 Å². The molecule has 0 spiro atoms. The van der Waals surface area contributed by atoms with Crippen molar-refractivity contribution in [2.24, 2.45) is 5.73 Å². The molecule has 0 saturated carbocycles. The van der Waals surface area contributed by atoms with Crippen molar-refractivity contribution in [3.8, 4) is 0 Å². The number of carboxylic acid groups (broad SMARTS) is 1. The minimum absolute atomic E-state index is 0.443. The van der Waals surface area contributed by atoms with Crippen LogP contribution >= 0.6 is 0 Å². The lowest BCUT2D eigenvalue weighted by Crippen LogP contribution is -2.49. The van der Waals surface area contributed by atoms with Crippen LogP contribution in [0.4, 0.5) is 0 Å². The molecule has 0 rings (SSSR count). The van der Waals surface area contributed by atoms with E-state index in [-0.39, 0.29) is 0 Å². The third kappa shape index (κ3) is 4.81. The van der Waals surface area contributed by atoms with Gasteiger partial charge in [-0.25, -0.2) is 0 Å². The van der Waals surface area contributed by atoms with Gasteiger partial charge in [-0.3, -0.25) is 9.59 Å². The Morgan fingerprint density at radius 2 is 1.71 bits per heavy atom. The summed E-state index contributed by atoms with van der Waals surface area (Å²) in [6, 6.07) is 0. The van der Waals surface area contributed by atoms with Crippen molar-refractivity contribution in [2.75, 3.05) is 0 Å². The molecule has 0 aromatic carbocycles. The number of carbonyl (C=O) groups excluding carboxylic acids is 1. The van der Waals surface area contributed by atoms with Gasteiger partial charge in [0.05, 0.1) is 6.42 Å². The SMILES string of the molecule is CC(C)(C)OC(=O)C(C)(N)CC(=O)O. The summed E-state index contributed by atoms with van der Waals surface area (Å²) in [6.07, 6.45) is -0.443. The summed E-state index contributed by atoms with van der Waals surface area (Å²) in [4.78, 5) is 21.8. The van der Waals surface area contributed by atoms with E-state index in [0.717, 1.165) is 0 Å². The normalized spacial score (nSPS) is 15.8. The quantitative estimate of drug-likeness (QED) is 0.653. The van der Waals surface area contributed by atoms with E-state index < -0.39 is 29.5 Å². The molecule has 0 aliphatic rings. The second-order valence-corrected chi connectivity index (χ2v) is 4.49. The number of nitrogens with two attached hydrogens (primary N) is 1. The lowest BCUT2D eigenvalue weighted by atomic mass is 9.99. The second-order valence-electron chi connectivity index (χ2n) is 4.49. The summed E-state index contributed by atoms with van der Waals surface area (Å²) in [7, 11) is 0. The van der Waals surface area contributed by atoms with Crippen molar-refractivity contribution >= 4 is 11.9 Å². The molecule has 0 aliphatic carbocycles. The van der Waals surface area contributed by atoms with Gasteiger partial charge in [-0.1, -0.05) is 0 Å². The van der Waals surface area contributed by atoms with Gasteiger partial charge in [-0.2, -0.15) is 0 Å². The van der Waals surface area contributed by atoms with Gasteiger partial charge in [0.25, 0.3) is 0 Å². The minimum atomic E-state index is -1.47. The van der Waals surface area contributed by atoms with Gasteiger partial charge in [-0.05, 0) is 27.7 Å². The molecule has 0 aliphatic heterocycles. The number of aliphatic carboxylic acids is 1. The van der Waals surface area contributed by atoms with Crippen molar-refractivity contribution in [3.05, 3.63) is 0 Å². The lowest BCUT2D eigenvalue weighted by molar-refractivity contribution is -0.163. The van der Waals surface area contributed by atoms with E-state index in [2.05, 4.69) is 0 Å². The van der Waals surface area contributed by atoms with Gasteiger partial charge in [0, 0.05) is 0 Å². The molecule has 0 amide bonds. The fourth-order valence-electron chi connectivity index (χ4n) is 0.781. The molecule has 5 nitrogen and oxygen atoms in total. The highest BCUT2D eigenvalue weighted by molar-refractivity contribution is 5.85. The predicted octanol–water partition coefficient (Wildman–Crippen LogP) is 0.520. The third-order valence-corrected chi connectivity index (χ3v) is 1.38. The van der Waals surface area contributed by atoms with E-state index in [4.69, 9.17) is 15.6 Å². The molecule has 0 bridgehead atoms. The van der Waals surface area contributed by atoms with Gasteiger partial charge < -0.3 is 15.6 Å². The molecule has 3 N–H and O–H groups in total. The van der Waals surface area contributed by atoms with E-state index in [9.17, 15) is 9.59 Å². The lowest BCUT2D eigenvalue weighted by Gasteiger charge is -2.27. The zero-order chi connectivity index (χ0) is 11.6. The molecular weight excluding hydrogens is 186 g/mol. The van der Waals surface area contributed by atoms with E-state index in [1.807, 2.05) is 0 Å². The fourth-order valence-corrected chi connectivity index (χ4v) is 0.781. The van der Waals surface area contributed by atoms with Gasteiger partial charge in [0.15, 0.2) is 0 Å². The van der Waals surface area contributed by atoms with Gasteiger partial charge in [0.2, 0.25) is 0 Å². The first-order valence-electron chi connectivity index (χ1n) is 4.29. The Kier molecular flexibility index (Phi) is 3.65. The first-order valence-corrected chi connectivity index (χ1v) is 4.29. The number of esters is 1. The van der Waals surface area contributed by atoms with Crippen LogP contribution in [0.25, 0.3) is 0 Å². The molecule has 5 heteroatoms. The van der Waals surface area contributed by atoms with E-state index in [1.54, 1.807) is 20.8 Å². The van der Waals surface area contributed by atoms with Crippen molar-refractivity contribution in [1.82, 2.24) is 0 Å². The highest BCUT2D eigenvalue weighted by Gasteiger charge is 2.35. The molecular formula is C9H17NO4. The Morgan fingerprint density at radius 1 is 1.29 bits per heavy atom. The van der Waals surface area contributed by atoms with Crippen molar-refractivity contribution in [1.29, 1.82) is 0 Å². The molecule has 0 fully saturated rings. The number of ether oxygens (including phenoxy) is 1. The molecule has 0 radical (unpaired) electrons. The number of hydrogen-bond donors (Lipinski definition) is 2. The summed E-state index contributed by atoms with van der Waals surface area (Å²) in [5, 5.41) is 8.51. The van der Waals surface area contributed by atoms with Crippen LogP contribution in [0.1, 0.15) is 34.1 Å². The molecule has 0 aromatic rings. The van der Waals surface area contributed by atoms with E-state index in [1.165, 1.54) is 6.92 Å². The first kappa shape index (κ1) is 12.9. The standard InChI is InChI=1S/C9H17NO4/c1-8(2,3)14-7(13)9(4,10)5-6(11)12/h5,10H2,1-4H3,(H,11,12). The molecule has 0 aromatic heterocycles. The second kappa shape index (κ2) is 3.96. The Balaban J connectivity index is 4.44. The molecule has 0 heterocycles. The monoisotopic (exact) mass is 203 g/mol. The first-order chi connectivity index (χ1) is 6.04.